The summed E-state index contributed by atoms with van der Waals surface area (Å²) < 4.78 is 1.93. The van der Waals surface area contributed by atoms with Crippen molar-refractivity contribution in [1.29, 1.82) is 0 Å². The van der Waals surface area contributed by atoms with Crippen LogP contribution in [0.2, 0.25) is 0 Å². The van der Waals surface area contributed by atoms with Crippen molar-refractivity contribution in [2.45, 2.75) is 38.8 Å². The van der Waals surface area contributed by atoms with Crippen LogP contribution in [0.1, 0.15) is 35.6 Å². The molecule has 1 amide bonds. The lowest BCUT2D eigenvalue weighted by Gasteiger charge is -2.32. The van der Waals surface area contributed by atoms with Crippen LogP contribution in [-0.2, 0) is 17.8 Å². The second-order valence-corrected chi connectivity index (χ2v) is 10.0. The molecule has 1 fully saturated rings. The summed E-state index contributed by atoms with van der Waals surface area (Å²) in [5.74, 6) is 0.357. The monoisotopic (exact) mass is 493 g/mol. The highest BCUT2D eigenvalue weighted by molar-refractivity contribution is 5.98. The Morgan fingerprint density at radius 3 is 2.81 bits per heavy atom. The van der Waals surface area contributed by atoms with Gasteiger partial charge in [-0.05, 0) is 49.5 Å². The molecule has 1 unspecified atom stereocenters. The fourth-order valence-corrected chi connectivity index (χ4v) is 5.69. The number of benzene rings is 2. The van der Waals surface area contributed by atoms with Crippen molar-refractivity contribution in [1.82, 2.24) is 24.6 Å². The van der Waals surface area contributed by atoms with Crippen LogP contribution in [0.25, 0.3) is 22.3 Å². The summed E-state index contributed by atoms with van der Waals surface area (Å²) in [7, 11) is 0. The van der Waals surface area contributed by atoms with Crippen LogP contribution in [0, 0.1) is 6.92 Å². The third kappa shape index (κ3) is 4.22. The van der Waals surface area contributed by atoms with E-state index in [1.54, 1.807) is 0 Å². The molecule has 0 aliphatic carbocycles. The molecule has 1 saturated heterocycles. The molecule has 2 N–H and O–H groups in total. The minimum Gasteiger partial charge on any atom is -0.383 e. The summed E-state index contributed by atoms with van der Waals surface area (Å²) in [6, 6.07) is 15.3. The minimum atomic E-state index is -0.0538. The largest absolute Gasteiger partial charge is 0.383 e. The number of aromatic nitrogens is 4. The number of anilines is 2. The molecule has 188 valence electrons. The summed E-state index contributed by atoms with van der Waals surface area (Å²) in [6.07, 6.45) is 5.76. The molecule has 37 heavy (non-hydrogen) atoms. The summed E-state index contributed by atoms with van der Waals surface area (Å²) >= 11 is 0. The van der Waals surface area contributed by atoms with Gasteiger partial charge in [0.1, 0.15) is 17.8 Å². The van der Waals surface area contributed by atoms with E-state index in [9.17, 15) is 4.79 Å². The average Bonchev–Trinajstić information content (AvgIpc) is 3.51. The van der Waals surface area contributed by atoms with E-state index < -0.39 is 0 Å². The van der Waals surface area contributed by atoms with E-state index in [4.69, 9.17) is 10.8 Å². The maximum absolute atomic E-state index is 12.3. The molecule has 8 heteroatoms. The SMILES string of the molecule is C=CC(=O)N1CCCC(n2nc(-c3ccc(CN4CCc5cc(C)ccc54)cc3)c3c(N)ncnc32)C1. The molecule has 0 radical (unpaired) electrons. The summed E-state index contributed by atoms with van der Waals surface area (Å²) in [5, 5.41) is 5.75. The first-order chi connectivity index (χ1) is 18.0. The number of fused-ring (bicyclic) bond motifs is 2. The molecule has 4 heterocycles. The minimum absolute atomic E-state index is 0.0151. The number of rotatable bonds is 5. The highest BCUT2D eigenvalue weighted by atomic mass is 16.2. The lowest BCUT2D eigenvalue weighted by Crippen LogP contribution is -2.40. The molecule has 4 aromatic rings. The first-order valence-corrected chi connectivity index (χ1v) is 12.9. The second kappa shape index (κ2) is 9.35. The molecule has 1 atom stereocenters. The van der Waals surface area contributed by atoms with Crippen molar-refractivity contribution < 1.29 is 4.79 Å². The molecule has 2 aromatic heterocycles. The normalized spacial score (nSPS) is 17.3. The number of aryl methyl sites for hydroxylation is 1. The quantitative estimate of drug-likeness (QED) is 0.417. The Labute approximate surface area is 216 Å². The Hall–Kier alpha value is -4.20. The topological polar surface area (TPSA) is 93.2 Å². The van der Waals surface area contributed by atoms with Gasteiger partial charge in [0.2, 0.25) is 5.91 Å². The average molecular weight is 494 g/mol. The van der Waals surface area contributed by atoms with Crippen molar-refractivity contribution in [3.63, 3.8) is 0 Å². The van der Waals surface area contributed by atoms with Crippen molar-refractivity contribution in [3.05, 3.63) is 78.1 Å². The highest BCUT2D eigenvalue weighted by Gasteiger charge is 2.28. The standard InChI is InChI=1S/C29H31N7O/c1-3-25(37)35-13-4-5-23(17-35)36-29-26(28(30)31-18-32-29)27(33-36)21-9-7-20(8-10-21)16-34-14-12-22-15-19(2)6-11-24(22)34/h3,6-11,15,18,23H,1,4-5,12-14,16-17H2,2H3,(H2,30,31,32). The molecule has 2 aliphatic rings. The maximum Gasteiger partial charge on any atom is 0.246 e. The number of nitrogen functional groups attached to an aromatic ring is 1. The zero-order chi connectivity index (χ0) is 25.5. The molecule has 0 saturated carbocycles. The van der Waals surface area contributed by atoms with Gasteiger partial charge in [0.25, 0.3) is 0 Å². The van der Waals surface area contributed by atoms with Crippen LogP contribution >= 0.6 is 0 Å². The fourth-order valence-electron chi connectivity index (χ4n) is 5.69. The number of nitrogens with zero attached hydrogens (tertiary/aromatic N) is 6. The Kier molecular flexibility index (Phi) is 5.87. The molecular formula is C29H31N7O. The second-order valence-electron chi connectivity index (χ2n) is 10.0. The maximum atomic E-state index is 12.3. The van der Waals surface area contributed by atoms with Gasteiger partial charge in [-0.3, -0.25) is 4.79 Å². The summed E-state index contributed by atoms with van der Waals surface area (Å²) in [6.45, 7) is 8.99. The lowest BCUT2D eigenvalue weighted by molar-refractivity contribution is -0.127. The van der Waals surface area contributed by atoms with Crippen LogP contribution in [0.4, 0.5) is 11.5 Å². The zero-order valence-corrected chi connectivity index (χ0v) is 21.1. The number of hydrogen-bond donors (Lipinski definition) is 1. The Morgan fingerprint density at radius 1 is 1.16 bits per heavy atom. The number of nitrogens with two attached hydrogens (primary N) is 1. The number of piperidine rings is 1. The Morgan fingerprint density at radius 2 is 2.00 bits per heavy atom. The van der Waals surface area contributed by atoms with Gasteiger partial charge < -0.3 is 15.5 Å². The van der Waals surface area contributed by atoms with E-state index >= 15 is 0 Å². The molecule has 8 nitrogen and oxygen atoms in total. The number of likely N-dealkylation sites (tertiary alicyclic amines) is 1. The van der Waals surface area contributed by atoms with Gasteiger partial charge in [0.15, 0.2) is 5.65 Å². The molecule has 0 bridgehead atoms. The van der Waals surface area contributed by atoms with Crippen LogP contribution in [0.3, 0.4) is 0 Å². The van der Waals surface area contributed by atoms with Crippen LogP contribution < -0.4 is 10.6 Å². The summed E-state index contributed by atoms with van der Waals surface area (Å²) in [5.41, 5.74) is 14.1. The predicted octanol–water partition coefficient (Wildman–Crippen LogP) is 4.30. The number of amides is 1. The predicted molar refractivity (Wildman–Crippen MR) is 146 cm³/mol. The Balaban J connectivity index is 1.30. The highest BCUT2D eigenvalue weighted by Crippen LogP contribution is 2.35. The van der Waals surface area contributed by atoms with Gasteiger partial charge in [-0.15, -0.1) is 0 Å². The van der Waals surface area contributed by atoms with E-state index in [2.05, 4.69) is 70.8 Å². The number of hydrogen-bond acceptors (Lipinski definition) is 6. The third-order valence-corrected chi connectivity index (χ3v) is 7.57. The van der Waals surface area contributed by atoms with Crippen LogP contribution in [0.5, 0.6) is 0 Å². The fraction of sp³-hybridized carbons (Fsp3) is 0.310. The van der Waals surface area contributed by atoms with E-state index in [1.165, 1.54) is 34.8 Å². The zero-order valence-electron chi connectivity index (χ0n) is 21.1. The van der Waals surface area contributed by atoms with Gasteiger partial charge in [-0.25, -0.2) is 14.6 Å². The number of carbonyl (C=O) groups is 1. The van der Waals surface area contributed by atoms with E-state index in [0.29, 0.717) is 18.0 Å². The van der Waals surface area contributed by atoms with Crippen LogP contribution in [-0.4, -0.2) is 50.2 Å². The van der Waals surface area contributed by atoms with Gasteiger partial charge in [-0.2, -0.15) is 5.10 Å². The number of carbonyl (C=O) groups excluding carboxylic acids is 1. The van der Waals surface area contributed by atoms with Crippen molar-refractivity contribution in [2.24, 2.45) is 0 Å². The molecular weight excluding hydrogens is 462 g/mol. The van der Waals surface area contributed by atoms with Crippen LogP contribution in [0.15, 0.2) is 61.4 Å². The van der Waals surface area contributed by atoms with E-state index in [0.717, 1.165) is 55.5 Å². The summed E-state index contributed by atoms with van der Waals surface area (Å²) in [4.78, 5) is 25.3. The van der Waals surface area contributed by atoms with E-state index in [1.807, 2.05) is 9.58 Å². The van der Waals surface area contributed by atoms with Crippen molar-refractivity contribution >= 4 is 28.4 Å². The van der Waals surface area contributed by atoms with Gasteiger partial charge in [0, 0.05) is 37.4 Å². The van der Waals surface area contributed by atoms with Gasteiger partial charge in [-0.1, -0.05) is 48.5 Å². The van der Waals surface area contributed by atoms with Crippen molar-refractivity contribution in [3.8, 4) is 11.3 Å². The molecule has 6 rings (SSSR count). The van der Waals surface area contributed by atoms with Gasteiger partial charge >= 0.3 is 0 Å². The smallest absolute Gasteiger partial charge is 0.246 e. The third-order valence-electron chi connectivity index (χ3n) is 7.57. The Bertz CT molecular complexity index is 1490. The van der Waals surface area contributed by atoms with Gasteiger partial charge in [0.05, 0.1) is 11.4 Å². The molecule has 0 spiro atoms. The first-order valence-electron chi connectivity index (χ1n) is 12.9. The molecule has 2 aliphatic heterocycles. The van der Waals surface area contributed by atoms with E-state index in [-0.39, 0.29) is 11.9 Å². The first kappa shape index (κ1) is 23.2. The molecule has 2 aromatic carbocycles. The lowest BCUT2D eigenvalue weighted by atomic mass is 10.1. The van der Waals surface area contributed by atoms with Crippen molar-refractivity contribution in [2.75, 3.05) is 30.3 Å².